The standard InChI is InChI=1S/C17H22NO6PS2.C2H6NPS/c1-2-4-11(19)7-12-15(21)18-14(17(22)23)10(9-27-16(12)18)8-24-13(20)5-3-6-25-26;3-1-2-4-5/h12,16H,2-9H2,1H3,(H,22,23);1-3H2/p-1. The molecule has 0 aliphatic carbocycles. The van der Waals surface area contributed by atoms with Crippen molar-refractivity contribution in [1.29, 1.82) is 0 Å². The average Bonchev–Trinajstić information content (AvgIpc) is 2.76. The molecule has 2 aliphatic rings. The van der Waals surface area contributed by atoms with Crippen molar-refractivity contribution < 1.29 is 29.0 Å². The number of carboxylic acids is 1. The molecule has 2 heterocycles. The molecule has 0 bridgehead atoms. The number of ketones is 1. The van der Waals surface area contributed by atoms with Crippen LogP contribution in [0, 0.1) is 5.92 Å². The van der Waals surface area contributed by atoms with Gasteiger partial charge in [0.15, 0.2) is 0 Å². The van der Waals surface area contributed by atoms with E-state index in [2.05, 4.69) is 11.8 Å². The van der Waals surface area contributed by atoms with Gasteiger partial charge in [-0.3, -0.25) is 19.3 Å². The normalized spacial score (nSPS) is 19.7. The minimum atomic E-state index is -1.47. The molecule has 2 N–H and O–H groups in total. The van der Waals surface area contributed by atoms with E-state index in [0.29, 0.717) is 30.6 Å². The first kappa shape index (κ1) is 29.2. The van der Waals surface area contributed by atoms with Crippen LogP contribution in [0.25, 0.3) is 0 Å². The number of carboxylic acid groups (broad SMARTS) is 1. The average molecular weight is 538 g/mol. The number of aliphatic carboxylic acids is 1. The summed E-state index contributed by atoms with van der Waals surface area (Å²) in [7, 11) is 1.78. The predicted molar refractivity (Wildman–Crippen MR) is 131 cm³/mol. The summed E-state index contributed by atoms with van der Waals surface area (Å²) in [6.07, 6.45) is 3.77. The van der Waals surface area contributed by atoms with Gasteiger partial charge in [-0.1, -0.05) is 30.5 Å². The fourth-order valence-electron chi connectivity index (χ4n) is 3.12. The molecular formula is C19H27N2O6P2S3-. The third kappa shape index (κ3) is 8.84. The van der Waals surface area contributed by atoms with E-state index in [-0.39, 0.29) is 42.2 Å². The van der Waals surface area contributed by atoms with E-state index in [0.717, 1.165) is 33.6 Å². The highest BCUT2D eigenvalue weighted by molar-refractivity contribution is 8.00. The Morgan fingerprint density at radius 3 is 2.47 bits per heavy atom. The van der Waals surface area contributed by atoms with Gasteiger partial charge in [-0.2, -0.15) is 0 Å². The van der Waals surface area contributed by atoms with Gasteiger partial charge in [-0.15, -0.1) is 11.8 Å². The van der Waals surface area contributed by atoms with Gasteiger partial charge in [0.05, 0.1) is 23.0 Å². The van der Waals surface area contributed by atoms with E-state index < -0.39 is 17.9 Å². The number of thioether (sulfide) groups is 1. The van der Waals surface area contributed by atoms with Crippen molar-refractivity contribution in [2.24, 2.45) is 11.7 Å². The van der Waals surface area contributed by atoms with Gasteiger partial charge in [-0.25, -0.2) is 0 Å². The molecule has 1 saturated heterocycles. The first-order valence-corrected chi connectivity index (χ1v) is 15.4. The van der Waals surface area contributed by atoms with Crippen LogP contribution in [-0.4, -0.2) is 65.1 Å². The molecule has 2 atom stereocenters. The van der Waals surface area contributed by atoms with Crippen molar-refractivity contribution >= 4 is 73.7 Å². The monoisotopic (exact) mass is 537 g/mol. The highest BCUT2D eigenvalue weighted by Crippen LogP contribution is 2.45. The number of nitrogens with zero attached hydrogens (tertiary/aromatic N) is 1. The highest BCUT2D eigenvalue weighted by atomic mass is 32.4. The molecule has 0 aromatic heterocycles. The highest BCUT2D eigenvalue weighted by Gasteiger charge is 2.52. The first-order chi connectivity index (χ1) is 15.3. The Labute approximate surface area is 205 Å². The van der Waals surface area contributed by atoms with Crippen LogP contribution in [0.4, 0.5) is 0 Å². The number of carbonyl (C=O) groups is 4. The maximum atomic E-state index is 12.4. The van der Waals surface area contributed by atoms with E-state index in [1.807, 2.05) is 6.92 Å². The lowest BCUT2D eigenvalue weighted by molar-refractivity contribution is -0.301. The van der Waals surface area contributed by atoms with E-state index in [1.165, 1.54) is 16.7 Å². The molecule has 1 amide bonds. The summed E-state index contributed by atoms with van der Waals surface area (Å²) in [4.78, 5) is 48.8. The second kappa shape index (κ2) is 15.9. The van der Waals surface area contributed by atoms with Crippen LogP contribution in [0.2, 0.25) is 0 Å². The summed E-state index contributed by atoms with van der Waals surface area (Å²) in [5, 5.41) is 11.2. The molecular weight excluding hydrogens is 510 g/mol. The summed E-state index contributed by atoms with van der Waals surface area (Å²) in [6.45, 7) is 2.44. The Kier molecular flexibility index (Phi) is 14.5. The minimum Gasteiger partial charge on any atom is -0.543 e. The van der Waals surface area contributed by atoms with E-state index in [4.69, 9.17) is 22.3 Å². The fraction of sp³-hybridized carbons (Fsp3) is 0.684. The van der Waals surface area contributed by atoms with Crippen molar-refractivity contribution in [3.63, 3.8) is 0 Å². The summed E-state index contributed by atoms with van der Waals surface area (Å²) in [6, 6.07) is 0. The zero-order chi connectivity index (χ0) is 24.1. The Hall–Kier alpha value is -0.830. The minimum absolute atomic E-state index is 0.00766. The molecule has 0 aromatic carbocycles. The molecule has 0 radical (unpaired) electrons. The molecule has 0 spiro atoms. The summed E-state index contributed by atoms with van der Waals surface area (Å²) >= 11 is 10.7. The maximum Gasteiger partial charge on any atom is 0.306 e. The number of hydrogen-bond donors (Lipinski definition) is 1. The third-order valence-electron chi connectivity index (χ3n) is 4.59. The SMILES string of the molecule is CCCC(=O)CC1C(=O)N2C(C(=O)[O-])=C(COC(=O)CCCP=S)CSC12.NCCP=S. The number of rotatable bonds is 13. The number of Topliss-reactive ketones (excluding diaryl/α,β-unsaturated/α-hetero) is 1. The number of carbonyl (C=O) groups excluding carboxylic acids is 4. The predicted octanol–water partition coefficient (Wildman–Crippen LogP) is 1.37. The lowest BCUT2D eigenvalue weighted by atomic mass is 9.89. The van der Waals surface area contributed by atoms with E-state index in [9.17, 15) is 24.3 Å². The summed E-state index contributed by atoms with van der Waals surface area (Å²) < 4.78 is 5.14. The van der Waals surface area contributed by atoms with Crippen molar-refractivity contribution in [2.45, 2.75) is 44.4 Å². The van der Waals surface area contributed by atoms with E-state index >= 15 is 0 Å². The Balaban J connectivity index is 0.000000920. The number of amides is 1. The number of hydrogen-bond acceptors (Lipinski definition) is 10. The number of ether oxygens (including phenoxy) is 1. The van der Waals surface area contributed by atoms with Crippen LogP contribution in [0.1, 0.15) is 39.0 Å². The van der Waals surface area contributed by atoms with Gasteiger partial charge in [0.1, 0.15) is 12.4 Å². The smallest absolute Gasteiger partial charge is 0.306 e. The van der Waals surface area contributed by atoms with Crippen LogP contribution >= 0.6 is 26.5 Å². The molecule has 2 rings (SSSR count). The maximum absolute atomic E-state index is 12.4. The van der Waals surface area contributed by atoms with Crippen LogP contribution in [0.5, 0.6) is 0 Å². The number of fused-ring (bicyclic) bond motifs is 1. The summed E-state index contributed by atoms with van der Waals surface area (Å²) in [5.74, 6) is -2.46. The van der Waals surface area contributed by atoms with Gasteiger partial charge in [0.25, 0.3) is 0 Å². The number of esters is 1. The first-order valence-electron chi connectivity index (χ1n) is 10.2. The quantitative estimate of drug-likeness (QED) is 0.159. The van der Waals surface area contributed by atoms with Gasteiger partial charge >= 0.3 is 5.97 Å². The number of β-lactam (4-membered cyclic amide) rings is 1. The fourth-order valence-corrected chi connectivity index (χ4v) is 5.62. The molecule has 0 saturated carbocycles. The second-order valence-corrected chi connectivity index (χ2v) is 11.1. The lowest BCUT2D eigenvalue weighted by Gasteiger charge is -2.50. The van der Waals surface area contributed by atoms with E-state index in [1.54, 1.807) is 0 Å². The van der Waals surface area contributed by atoms with Crippen LogP contribution in [-0.2, 0) is 47.5 Å². The van der Waals surface area contributed by atoms with Crippen molar-refractivity contribution in [2.75, 3.05) is 31.2 Å². The zero-order valence-electron chi connectivity index (χ0n) is 17.8. The van der Waals surface area contributed by atoms with Gasteiger partial charge in [0.2, 0.25) is 5.91 Å². The van der Waals surface area contributed by atoms with Crippen LogP contribution in [0.15, 0.2) is 11.3 Å². The zero-order valence-corrected chi connectivity index (χ0v) is 22.1. The molecule has 32 heavy (non-hydrogen) atoms. The topological polar surface area (TPSA) is 130 Å². The number of nitrogens with two attached hydrogens (primary N) is 1. The molecule has 8 nitrogen and oxygen atoms in total. The van der Waals surface area contributed by atoms with Crippen molar-refractivity contribution in [1.82, 2.24) is 4.90 Å². The van der Waals surface area contributed by atoms with Gasteiger partial charge < -0.3 is 20.4 Å². The molecule has 178 valence electrons. The second-order valence-electron chi connectivity index (χ2n) is 7.01. The molecule has 2 unspecified atom stereocenters. The Morgan fingerprint density at radius 2 is 1.94 bits per heavy atom. The van der Waals surface area contributed by atoms with Gasteiger partial charge in [-0.05, 0) is 27.6 Å². The lowest BCUT2D eigenvalue weighted by Crippen LogP contribution is -2.63. The van der Waals surface area contributed by atoms with Crippen molar-refractivity contribution in [3.05, 3.63) is 11.3 Å². The molecule has 1 fully saturated rings. The molecule has 0 aromatic rings. The van der Waals surface area contributed by atoms with Gasteiger partial charge in [0, 0.05) is 49.5 Å². The van der Waals surface area contributed by atoms with Crippen LogP contribution < -0.4 is 10.8 Å². The Bertz CT molecular complexity index is 765. The van der Waals surface area contributed by atoms with Crippen LogP contribution in [0.3, 0.4) is 0 Å². The summed E-state index contributed by atoms with van der Waals surface area (Å²) in [5.41, 5.74) is 5.19. The molecule has 13 heteroatoms. The molecule has 2 aliphatic heterocycles. The Morgan fingerprint density at radius 1 is 1.25 bits per heavy atom. The van der Waals surface area contributed by atoms with Crippen molar-refractivity contribution in [3.8, 4) is 0 Å². The largest absolute Gasteiger partial charge is 0.543 e. The third-order valence-corrected chi connectivity index (χ3v) is 8.02.